The molecule has 0 aromatic carbocycles. The third kappa shape index (κ3) is 2.45. The number of carbonyl (C=O) groups is 2. The zero-order chi connectivity index (χ0) is 13.4. The minimum atomic E-state index is -0.878. The Labute approximate surface area is 116 Å². The molecule has 5 nitrogen and oxygen atoms in total. The van der Waals surface area contributed by atoms with Crippen molar-refractivity contribution in [3.05, 3.63) is 12.2 Å². The molecule has 2 atom stereocenters. The van der Waals surface area contributed by atoms with E-state index in [0.717, 1.165) is 19.3 Å². The van der Waals surface area contributed by atoms with Gasteiger partial charge in [-0.25, -0.2) is 9.59 Å². The maximum Gasteiger partial charge on any atom is 0.327 e. The summed E-state index contributed by atoms with van der Waals surface area (Å²) in [6.45, 7) is 1.30. The van der Waals surface area contributed by atoms with Crippen LogP contribution in [0.5, 0.6) is 0 Å². The van der Waals surface area contributed by atoms with Gasteiger partial charge >= 0.3 is 12.0 Å². The van der Waals surface area contributed by atoms with E-state index in [1.165, 1.54) is 0 Å². The molecule has 0 aromatic rings. The summed E-state index contributed by atoms with van der Waals surface area (Å²) in [5.74, 6) is 0.140. The van der Waals surface area contributed by atoms with Crippen LogP contribution >= 0.6 is 11.8 Å². The monoisotopic (exact) mass is 282 g/mol. The highest BCUT2D eigenvalue weighted by Gasteiger charge is 2.49. The van der Waals surface area contributed by atoms with Crippen molar-refractivity contribution in [1.29, 1.82) is 0 Å². The topological polar surface area (TPSA) is 60.9 Å². The second-order valence-electron chi connectivity index (χ2n) is 5.31. The molecule has 2 unspecified atom stereocenters. The Morgan fingerprint density at radius 1 is 1.26 bits per heavy atom. The molecule has 1 N–H and O–H groups in total. The van der Waals surface area contributed by atoms with Crippen molar-refractivity contribution in [2.24, 2.45) is 5.92 Å². The van der Waals surface area contributed by atoms with E-state index in [9.17, 15) is 14.7 Å². The highest BCUT2D eigenvalue weighted by atomic mass is 32.2. The summed E-state index contributed by atoms with van der Waals surface area (Å²) in [5.41, 5.74) is 0. The maximum absolute atomic E-state index is 12.6. The second-order valence-corrected chi connectivity index (χ2v) is 6.46. The lowest BCUT2D eigenvalue weighted by molar-refractivity contribution is -0.141. The van der Waals surface area contributed by atoms with E-state index >= 15 is 0 Å². The van der Waals surface area contributed by atoms with Crippen LogP contribution in [0.25, 0.3) is 0 Å². The molecular weight excluding hydrogens is 264 g/mol. The standard InChI is InChI=1S/C13H18N2O3S/c16-12(17)10-8-19-11(9-4-5-9)15(10)13(18)14-6-2-1-3-7-14/h1-2,9-11H,3-8H2,(H,16,17). The average molecular weight is 282 g/mol. The summed E-state index contributed by atoms with van der Waals surface area (Å²) in [7, 11) is 0. The number of aliphatic carboxylic acids is 1. The van der Waals surface area contributed by atoms with Gasteiger partial charge in [-0.05, 0) is 25.2 Å². The fourth-order valence-corrected chi connectivity index (χ4v) is 4.31. The first-order valence-corrected chi connectivity index (χ1v) is 7.80. The lowest BCUT2D eigenvalue weighted by atomic mass is 10.2. The smallest absolute Gasteiger partial charge is 0.327 e. The number of carboxylic acids is 1. The third-order valence-corrected chi connectivity index (χ3v) is 5.36. The van der Waals surface area contributed by atoms with Gasteiger partial charge in [-0.1, -0.05) is 12.2 Å². The Bertz CT molecular complexity index is 422. The van der Waals surface area contributed by atoms with Gasteiger partial charge in [-0.3, -0.25) is 4.90 Å². The molecule has 0 radical (unpaired) electrons. The van der Waals surface area contributed by atoms with Gasteiger partial charge in [-0.2, -0.15) is 0 Å². The average Bonchev–Trinajstić information content (AvgIpc) is 3.17. The Hall–Kier alpha value is -1.17. The summed E-state index contributed by atoms with van der Waals surface area (Å²) < 4.78 is 0. The quantitative estimate of drug-likeness (QED) is 0.782. The molecule has 0 aromatic heterocycles. The number of amides is 2. The molecule has 3 rings (SSSR count). The van der Waals surface area contributed by atoms with Crippen molar-refractivity contribution in [3.8, 4) is 0 Å². The molecule has 2 aliphatic heterocycles. The first kappa shape index (κ1) is 12.8. The minimum Gasteiger partial charge on any atom is -0.480 e. The van der Waals surface area contributed by atoms with Gasteiger partial charge in [0.1, 0.15) is 6.04 Å². The molecule has 1 saturated carbocycles. The van der Waals surface area contributed by atoms with E-state index < -0.39 is 12.0 Å². The molecule has 2 amide bonds. The van der Waals surface area contributed by atoms with Crippen LogP contribution in [0.15, 0.2) is 12.2 Å². The van der Waals surface area contributed by atoms with Crippen LogP contribution in [0.2, 0.25) is 0 Å². The van der Waals surface area contributed by atoms with Crippen molar-refractivity contribution >= 4 is 23.8 Å². The molecular formula is C13H18N2O3S. The fourth-order valence-electron chi connectivity index (χ4n) is 2.68. The first-order chi connectivity index (χ1) is 9.18. The largest absolute Gasteiger partial charge is 0.480 e. The summed E-state index contributed by atoms with van der Waals surface area (Å²) in [6.07, 6.45) is 7.14. The summed E-state index contributed by atoms with van der Waals surface area (Å²) >= 11 is 1.63. The molecule has 2 heterocycles. The zero-order valence-electron chi connectivity index (χ0n) is 10.7. The van der Waals surface area contributed by atoms with Crippen LogP contribution in [0.4, 0.5) is 4.79 Å². The van der Waals surface area contributed by atoms with Crippen LogP contribution in [0, 0.1) is 5.92 Å². The normalized spacial score (nSPS) is 30.7. The maximum atomic E-state index is 12.6. The molecule has 1 saturated heterocycles. The fraction of sp³-hybridized carbons (Fsp3) is 0.692. The molecule has 2 fully saturated rings. The van der Waals surface area contributed by atoms with E-state index in [1.54, 1.807) is 21.6 Å². The Morgan fingerprint density at radius 2 is 2.05 bits per heavy atom. The molecule has 19 heavy (non-hydrogen) atoms. The van der Waals surface area contributed by atoms with Crippen molar-refractivity contribution in [3.63, 3.8) is 0 Å². The van der Waals surface area contributed by atoms with Gasteiger partial charge in [0.15, 0.2) is 0 Å². The van der Waals surface area contributed by atoms with Crippen molar-refractivity contribution < 1.29 is 14.7 Å². The van der Waals surface area contributed by atoms with Crippen molar-refractivity contribution in [1.82, 2.24) is 9.80 Å². The second kappa shape index (κ2) is 5.07. The van der Waals surface area contributed by atoms with E-state index in [2.05, 4.69) is 6.08 Å². The van der Waals surface area contributed by atoms with E-state index in [-0.39, 0.29) is 11.4 Å². The first-order valence-electron chi connectivity index (χ1n) is 6.75. The number of hydrogen-bond donors (Lipinski definition) is 1. The SMILES string of the molecule is O=C(O)C1CSC(C2CC2)N1C(=O)N1CC=CCC1. The van der Waals surface area contributed by atoms with E-state index in [1.807, 2.05) is 6.08 Å². The minimum absolute atomic E-state index is 0.0690. The van der Waals surface area contributed by atoms with Crippen LogP contribution in [0.1, 0.15) is 19.3 Å². The Morgan fingerprint density at radius 3 is 2.63 bits per heavy atom. The van der Waals surface area contributed by atoms with Gasteiger partial charge in [-0.15, -0.1) is 11.8 Å². The molecule has 1 aliphatic carbocycles. The number of carbonyl (C=O) groups excluding carboxylic acids is 1. The van der Waals surface area contributed by atoms with Crippen LogP contribution in [0.3, 0.4) is 0 Å². The lowest BCUT2D eigenvalue weighted by Gasteiger charge is -2.34. The number of hydrogen-bond acceptors (Lipinski definition) is 3. The van der Waals surface area contributed by atoms with Gasteiger partial charge in [0.2, 0.25) is 0 Å². The van der Waals surface area contributed by atoms with Crippen LogP contribution < -0.4 is 0 Å². The van der Waals surface area contributed by atoms with Crippen LogP contribution in [-0.4, -0.2) is 57.2 Å². The van der Waals surface area contributed by atoms with Gasteiger partial charge in [0.25, 0.3) is 0 Å². The van der Waals surface area contributed by atoms with E-state index in [0.29, 0.717) is 24.8 Å². The van der Waals surface area contributed by atoms with E-state index in [4.69, 9.17) is 0 Å². The summed E-state index contributed by atoms with van der Waals surface area (Å²) in [6, 6.07) is -0.757. The molecule has 104 valence electrons. The number of rotatable bonds is 2. The van der Waals surface area contributed by atoms with Gasteiger partial charge in [0, 0.05) is 18.8 Å². The van der Waals surface area contributed by atoms with Gasteiger partial charge in [0.05, 0.1) is 5.37 Å². The highest BCUT2D eigenvalue weighted by molar-refractivity contribution is 8.00. The molecule has 0 spiro atoms. The molecule has 3 aliphatic rings. The van der Waals surface area contributed by atoms with Crippen molar-refractivity contribution in [2.75, 3.05) is 18.8 Å². The molecule has 0 bridgehead atoms. The van der Waals surface area contributed by atoms with Gasteiger partial charge < -0.3 is 10.0 Å². The summed E-state index contributed by atoms with van der Waals surface area (Å²) in [5, 5.41) is 9.38. The molecule has 6 heteroatoms. The Balaban J connectivity index is 1.78. The van der Waals surface area contributed by atoms with Crippen molar-refractivity contribution in [2.45, 2.75) is 30.7 Å². The third-order valence-electron chi connectivity index (χ3n) is 3.89. The van der Waals surface area contributed by atoms with Crippen LogP contribution in [-0.2, 0) is 4.79 Å². The number of carboxylic acid groups (broad SMARTS) is 1. The number of nitrogens with zero attached hydrogens (tertiary/aromatic N) is 2. The highest BCUT2D eigenvalue weighted by Crippen LogP contribution is 2.45. The number of thioether (sulfide) groups is 1. The number of urea groups is 1. The Kier molecular flexibility index (Phi) is 3.43. The summed E-state index contributed by atoms with van der Waals surface area (Å²) in [4.78, 5) is 27.3. The zero-order valence-corrected chi connectivity index (χ0v) is 11.5. The predicted molar refractivity (Wildman–Crippen MR) is 73.0 cm³/mol. The lowest BCUT2D eigenvalue weighted by Crippen LogP contribution is -2.52. The predicted octanol–water partition coefficient (Wildman–Crippen LogP) is 1.61.